The van der Waals surface area contributed by atoms with Crippen molar-refractivity contribution in [1.29, 1.82) is 0 Å². The van der Waals surface area contributed by atoms with Crippen molar-refractivity contribution in [1.82, 2.24) is 0 Å². The molecule has 1 unspecified atom stereocenters. The Bertz CT molecular complexity index is 370. The van der Waals surface area contributed by atoms with Crippen molar-refractivity contribution in [2.24, 2.45) is 0 Å². The van der Waals surface area contributed by atoms with Gasteiger partial charge in [0, 0.05) is 0 Å². The van der Waals surface area contributed by atoms with Gasteiger partial charge in [-0.1, -0.05) is 71.1 Å². The molecule has 0 saturated carbocycles. The minimum atomic E-state index is -4.61. The van der Waals surface area contributed by atoms with Gasteiger partial charge in [-0.2, -0.15) is 0 Å². The van der Waals surface area contributed by atoms with Gasteiger partial charge in [0.15, 0.2) is 0 Å². The Hall–Kier alpha value is 1.43. The molecule has 0 aliphatic carbocycles. The van der Waals surface area contributed by atoms with Gasteiger partial charge in [-0.15, -0.1) is 0 Å². The van der Waals surface area contributed by atoms with Crippen LogP contribution in [0.5, 0.6) is 0 Å². The SMILES string of the molecule is CCCCCCCCCCCCC(C(=O)OC)S(=O)(=O)[O-].[Cs+]. The number of carbonyl (C=O) groups excluding carboxylic acids is 1. The second-order valence-electron chi connectivity index (χ2n) is 5.48. The zero-order valence-corrected chi connectivity index (χ0v) is 21.4. The summed E-state index contributed by atoms with van der Waals surface area (Å²) in [4.78, 5) is 11.2. The van der Waals surface area contributed by atoms with Gasteiger partial charge in [-0.3, -0.25) is 4.79 Å². The van der Waals surface area contributed by atoms with Gasteiger partial charge in [0.25, 0.3) is 0 Å². The van der Waals surface area contributed by atoms with Crippen molar-refractivity contribution in [2.45, 2.75) is 82.8 Å². The predicted octanol–water partition coefficient (Wildman–Crippen LogP) is 0.388. The molecular formula is C15H29CsO5S. The van der Waals surface area contributed by atoms with Gasteiger partial charge in [0.2, 0.25) is 0 Å². The third-order valence-corrected chi connectivity index (χ3v) is 4.76. The first-order chi connectivity index (χ1) is 9.93. The van der Waals surface area contributed by atoms with Crippen LogP contribution in [0, 0.1) is 0 Å². The normalized spacial score (nSPS) is 12.5. The quantitative estimate of drug-likeness (QED) is 0.229. The Balaban J connectivity index is 0. The van der Waals surface area contributed by atoms with E-state index in [1.54, 1.807) is 0 Å². The molecule has 0 aromatic carbocycles. The summed E-state index contributed by atoms with van der Waals surface area (Å²) in [5.74, 6) is -0.944. The van der Waals surface area contributed by atoms with Crippen LogP contribution in [0.2, 0.25) is 0 Å². The van der Waals surface area contributed by atoms with Gasteiger partial charge in [-0.25, -0.2) is 8.42 Å². The zero-order valence-electron chi connectivity index (χ0n) is 14.3. The molecule has 0 rings (SSSR count). The van der Waals surface area contributed by atoms with Crippen molar-refractivity contribution in [2.75, 3.05) is 7.11 Å². The summed E-state index contributed by atoms with van der Waals surface area (Å²) in [5.41, 5.74) is 0. The van der Waals surface area contributed by atoms with Gasteiger partial charge in [0.05, 0.1) is 7.11 Å². The van der Waals surface area contributed by atoms with Crippen LogP contribution in [-0.4, -0.2) is 31.3 Å². The Kier molecular flexibility index (Phi) is 18.6. The molecule has 0 aliphatic heterocycles. The van der Waals surface area contributed by atoms with E-state index in [0.29, 0.717) is 6.42 Å². The van der Waals surface area contributed by atoms with Gasteiger partial charge >= 0.3 is 74.9 Å². The molecule has 0 aromatic heterocycles. The Morgan fingerprint density at radius 2 is 1.36 bits per heavy atom. The van der Waals surface area contributed by atoms with E-state index in [0.717, 1.165) is 26.4 Å². The molecule has 0 aromatic rings. The van der Waals surface area contributed by atoms with Crippen LogP contribution in [0.1, 0.15) is 77.6 Å². The van der Waals surface area contributed by atoms with E-state index >= 15 is 0 Å². The fourth-order valence-electron chi connectivity index (χ4n) is 2.33. The van der Waals surface area contributed by atoms with Crippen molar-refractivity contribution in [3.05, 3.63) is 0 Å². The molecule has 0 fully saturated rings. The van der Waals surface area contributed by atoms with Crippen molar-refractivity contribution in [3.8, 4) is 0 Å². The van der Waals surface area contributed by atoms with Crippen LogP contribution in [0.15, 0.2) is 0 Å². The van der Waals surface area contributed by atoms with Crippen LogP contribution < -0.4 is 68.9 Å². The Morgan fingerprint density at radius 3 is 1.73 bits per heavy atom. The number of unbranched alkanes of at least 4 members (excludes halogenated alkanes) is 9. The number of esters is 1. The van der Waals surface area contributed by atoms with Crippen LogP contribution in [0.4, 0.5) is 0 Å². The second kappa shape index (κ2) is 15.9. The molecule has 0 heterocycles. The Morgan fingerprint density at radius 1 is 0.955 bits per heavy atom. The number of hydrogen-bond acceptors (Lipinski definition) is 5. The number of ether oxygens (including phenoxy) is 1. The molecule has 126 valence electrons. The summed E-state index contributed by atoms with van der Waals surface area (Å²) in [5, 5.41) is -1.54. The van der Waals surface area contributed by atoms with Gasteiger partial charge in [-0.05, 0) is 6.42 Å². The maximum atomic E-state index is 11.2. The largest absolute Gasteiger partial charge is 1.00 e. The molecule has 7 heteroatoms. The molecule has 0 aliphatic rings. The third-order valence-electron chi connectivity index (χ3n) is 3.63. The van der Waals surface area contributed by atoms with Crippen LogP contribution in [0.3, 0.4) is 0 Å². The maximum Gasteiger partial charge on any atom is 1.00 e. The second-order valence-corrected chi connectivity index (χ2v) is 7.03. The van der Waals surface area contributed by atoms with Crippen molar-refractivity contribution < 1.29 is 91.4 Å². The molecule has 0 radical (unpaired) electrons. The molecular weight excluding hydrogens is 425 g/mol. The average Bonchev–Trinajstić information content (AvgIpc) is 2.42. The smallest absolute Gasteiger partial charge is 0.747 e. The summed E-state index contributed by atoms with van der Waals surface area (Å²) < 4.78 is 37.3. The summed E-state index contributed by atoms with van der Waals surface area (Å²) in [6, 6.07) is 0. The summed E-state index contributed by atoms with van der Waals surface area (Å²) in [6.45, 7) is 2.20. The van der Waals surface area contributed by atoms with Crippen molar-refractivity contribution in [3.63, 3.8) is 0 Å². The first-order valence-electron chi connectivity index (χ1n) is 7.96. The summed E-state index contributed by atoms with van der Waals surface area (Å²) >= 11 is 0. The van der Waals surface area contributed by atoms with E-state index in [1.165, 1.54) is 38.5 Å². The van der Waals surface area contributed by atoms with E-state index in [1.807, 2.05) is 0 Å². The van der Waals surface area contributed by atoms with Crippen molar-refractivity contribution >= 4 is 16.1 Å². The fourth-order valence-corrected chi connectivity index (χ4v) is 3.12. The topological polar surface area (TPSA) is 83.5 Å². The fraction of sp³-hybridized carbons (Fsp3) is 0.933. The molecule has 1 atom stereocenters. The molecule has 0 amide bonds. The zero-order chi connectivity index (χ0) is 16.1. The number of rotatable bonds is 13. The predicted molar refractivity (Wildman–Crippen MR) is 82.0 cm³/mol. The van der Waals surface area contributed by atoms with Crippen LogP contribution in [-0.2, 0) is 19.6 Å². The number of carbonyl (C=O) groups is 1. The molecule has 22 heavy (non-hydrogen) atoms. The van der Waals surface area contributed by atoms with E-state index in [-0.39, 0.29) is 75.3 Å². The Labute approximate surface area is 194 Å². The van der Waals surface area contributed by atoms with Crippen LogP contribution >= 0.6 is 0 Å². The van der Waals surface area contributed by atoms with Gasteiger partial charge < -0.3 is 9.29 Å². The summed E-state index contributed by atoms with van der Waals surface area (Å²) in [6.07, 6.45) is 11.2. The third kappa shape index (κ3) is 13.8. The standard InChI is InChI=1S/C15H30O5S.Cs/c1-3-4-5-6-7-8-9-10-11-12-13-14(15(16)20-2)21(17,18)19;/h14H,3-13H2,1-2H3,(H,17,18,19);/q;+1/p-1. The van der Waals surface area contributed by atoms with E-state index in [9.17, 15) is 17.8 Å². The first-order valence-corrected chi connectivity index (χ1v) is 9.43. The average molecular weight is 454 g/mol. The summed E-state index contributed by atoms with van der Waals surface area (Å²) in [7, 11) is -3.51. The molecule has 0 bridgehead atoms. The first kappa shape index (κ1) is 25.7. The minimum absolute atomic E-state index is 0. The monoisotopic (exact) mass is 454 g/mol. The molecule has 0 spiro atoms. The maximum absolute atomic E-state index is 11.2. The van der Waals surface area contributed by atoms with E-state index < -0.39 is 21.3 Å². The minimum Gasteiger partial charge on any atom is -0.747 e. The van der Waals surface area contributed by atoms with Crippen LogP contribution in [0.25, 0.3) is 0 Å². The van der Waals surface area contributed by atoms with E-state index in [2.05, 4.69) is 11.7 Å². The molecule has 0 saturated heterocycles. The molecule has 0 N–H and O–H groups in total. The number of hydrogen-bond donors (Lipinski definition) is 0. The van der Waals surface area contributed by atoms with Gasteiger partial charge in [0.1, 0.15) is 15.4 Å². The number of methoxy groups -OCH3 is 1. The van der Waals surface area contributed by atoms with E-state index in [4.69, 9.17) is 0 Å². The molecule has 5 nitrogen and oxygen atoms in total.